The van der Waals surface area contributed by atoms with Gasteiger partial charge < -0.3 is 10.4 Å². The molecule has 17 heavy (non-hydrogen) atoms. The first-order valence-electron chi connectivity index (χ1n) is 5.88. The van der Waals surface area contributed by atoms with Crippen molar-refractivity contribution in [3.63, 3.8) is 0 Å². The van der Waals surface area contributed by atoms with Crippen molar-refractivity contribution in [2.24, 2.45) is 0 Å². The molecule has 0 bridgehead atoms. The quantitative estimate of drug-likeness (QED) is 0.699. The van der Waals surface area contributed by atoms with Crippen molar-refractivity contribution in [3.8, 4) is 0 Å². The number of nitrogens with zero attached hydrogens (tertiary/aromatic N) is 1. The minimum atomic E-state index is -0.821. The molecule has 0 radical (unpaired) electrons. The third-order valence-corrected chi connectivity index (χ3v) is 2.85. The number of carboxylic acids is 1. The Balaban J connectivity index is 0.00000256. The zero-order valence-electron chi connectivity index (χ0n) is 10.1. The summed E-state index contributed by atoms with van der Waals surface area (Å²) < 4.78 is 0. The van der Waals surface area contributed by atoms with Crippen molar-refractivity contribution in [2.45, 2.75) is 38.6 Å². The lowest BCUT2D eigenvalue weighted by molar-refractivity contribution is -0.142. The molecule has 1 aliphatic rings. The van der Waals surface area contributed by atoms with Gasteiger partial charge in [-0.1, -0.05) is 13.3 Å². The van der Waals surface area contributed by atoms with E-state index in [2.05, 4.69) is 12.2 Å². The maximum atomic E-state index is 11.5. The Bertz CT molecular complexity index is 261. The molecule has 0 aliphatic carbocycles. The Kier molecular flexibility index (Phi) is 7.91. The first-order chi connectivity index (χ1) is 7.65. The lowest BCUT2D eigenvalue weighted by Gasteiger charge is -2.20. The SMILES string of the molecule is CCCCNC(=O)CN1CCCC1C(=O)O.Cl. The number of aliphatic carboxylic acids is 1. The maximum Gasteiger partial charge on any atom is 0.320 e. The molecule has 6 heteroatoms. The zero-order valence-corrected chi connectivity index (χ0v) is 11.0. The van der Waals surface area contributed by atoms with Crippen molar-refractivity contribution in [1.29, 1.82) is 0 Å². The molecule has 1 amide bonds. The van der Waals surface area contributed by atoms with E-state index >= 15 is 0 Å². The van der Waals surface area contributed by atoms with Crippen LogP contribution in [-0.2, 0) is 9.59 Å². The molecule has 0 aromatic carbocycles. The summed E-state index contributed by atoms with van der Waals surface area (Å²) in [6, 6.07) is -0.475. The van der Waals surface area contributed by atoms with Gasteiger partial charge in [-0.05, 0) is 25.8 Å². The van der Waals surface area contributed by atoms with Gasteiger partial charge in [0.05, 0.1) is 6.54 Å². The average molecular weight is 265 g/mol. The number of carboxylic acid groups (broad SMARTS) is 1. The predicted molar refractivity (Wildman–Crippen MR) is 67.4 cm³/mol. The van der Waals surface area contributed by atoms with E-state index in [9.17, 15) is 9.59 Å². The molecule has 1 aliphatic heterocycles. The summed E-state index contributed by atoms with van der Waals surface area (Å²) >= 11 is 0. The Morgan fingerprint density at radius 2 is 2.18 bits per heavy atom. The first kappa shape index (κ1) is 16.2. The molecule has 0 aromatic rings. The summed E-state index contributed by atoms with van der Waals surface area (Å²) in [4.78, 5) is 24.1. The lowest BCUT2D eigenvalue weighted by atomic mass is 10.2. The fourth-order valence-corrected chi connectivity index (χ4v) is 1.94. The fourth-order valence-electron chi connectivity index (χ4n) is 1.94. The zero-order chi connectivity index (χ0) is 12.0. The third-order valence-electron chi connectivity index (χ3n) is 2.85. The number of likely N-dealkylation sites (tertiary alicyclic amines) is 1. The van der Waals surface area contributed by atoms with Crippen LogP contribution < -0.4 is 5.32 Å². The molecular formula is C11H21ClN2O3. The van der Waals surface area contributed by atoms with E-state index < -0.39 is 12.0 Å². The van der Waals surface area contributed by atoms with Gasteiger partial charge in [0.25, 0.3) is 0 Å². The second-order valence-electron chi connectivity index (χ2n) is 4.17. The summed E-state index contributed by atoms with van der Waals surface area (Å²) in [6.45, 7) is 3.66. The van der Waals surface area contributed by atoms with Crippen LogP contribution in [0.1, 0.15) is 32.6 Å². The smallest absolute Gasteiger partial charge is 0.320 e. The molecule has 2 N–H and O–H groups in total. The van der Waals surface area contributed by atoms with Gasteiger partial charge in [0.15, 0.2) is 0 Å². The van der Waals surface area contributed by atoms with Gasteiger partial charge in [-0.15, -0.1) is 12.4 Å². The largest absolute Gasteiger partial charge is 0.480 e. The minimum absolute atomic E-state index is 0. The van der Waals surface area contributed by atoms with Crippen molar-refractivity contribution < 1.29 is 14.7 Å². The van der Waals surface area contributed by atoms with Gasteiger partial charge in [0, 0.05) is 6.54 Å². The summed E-state index contributed by atoms with van der Waals surface area (Å²) in [7, 11) is 0. The Labute approximate surface area is 108 Å². The van der Waals surface area contributed by atoms with Gasteiger partial charge in [-0.25, -0.2) is 0 Å². The van der Waals surface area contributed by atoms with E-state index in [1.165, 1.54) is 0 Å². The molecule has 1 unspecified atom stereocenters. The summed E-state index contributed by atoms with van der Waals surface area (Å²) in [5.74, 6) is -0.888. The molecule has 1 rings (SSSR count). The van der Waals surface area contributed by atoms with E-state index in [1.54, 1.807) is 4.90 Å². The van der Waals surface area contributed by atoms with Crippen LogP contribution >= 0.6 is 12.4 Å². The number of amides is 1. The molecule has 1 saturated heterocycles. The molecule has 1 fully saturated rings. The second-order valence-corrected chi connectivity index (χ2v) is 4.17. The van der Waals surface area contributed by atoms with Crippen LogP contribution in [0.15, 0.2) is 0 Å². The Morgan fingerprint density at radius 1 is 1.47 bits per heavy atom. The van der Waals surface area contributed by atoms with Gasteiger partial charge in [-0.3, -0.25) is 14.5 Å². The molecule has 5 nitrogen and oxygen atoms in total. The van der Waals surface area contributed by atoms with Crippen molar-refractivity contribution >= 4 is 24.3 Å². The molecule has 0 spiro atoms. The average Bonchev–Trinajstić information content (AvgIpc) is 2.66. The number of carbonyl (C=O) groups excluding carboxylic acids is 1. The molecule has 100 valence electrons. The Morgan fingerprint density at radius 3 is 2.76 bits per heavy atom. The van der Waals surface area contributed by atoms with Crippen LogP contribution in [0.2, 0.25) is 0 Å². The highest BCUT2D eigenvalue weighted by molar-refractivity contribution is 5.85. The molecule has 1 atom stereocenters. The molecular weight excluding hydrogens is 244 g/mol. The number of hydrogen-bond donors (Lipinski definition) is 2. The van der Waals surface area contributed by atoms with E-state index in [-0.39, 0.29) is 24.9 Å². The number of nitrogens with one attached hydrogen (secondary N) is 1. The number of unbranched alkanes of at least 4 members (excludes halogenated alkanes) is 1. The van der Waals surface area contributed by atoms with Gasteiger partial charge in [-0.2, -0.15) is 0 Å². The maximum absolute atomic E-state index is 11.5. The highest BCUT2D eigenvalue weighted by Crippen LogP contribution is 2.16. The standard InChI is InChI=1S/C11H20N2O3.ClH/c1-2-3-6-12-10(14)8-13-7-4-5-9(13)11(15)16;/h9H,2-8H2,1H3,(H,12,14)(H,15,16);1H. The molecule has 1 heterocycles. The van der Waals surface area contributed by atoms with Crippen LogP contribution in [0, 0.1) is 0 Å². The summed E-state index contributed by atoms with van der Waals surface area (Å²) in [5, 5.41) is 11.7. The van der Waals surface area contributed by atoms with E-state index in [0.717, 1.165) is 19.3 Å². The van der Waals surface area contributed by atoms with Crippen LogP contribution in [0.5, 0.6) is 0 Å². The van der Waals surface area contributed by atoms with Crippen LogP contribution in [0.3, 0.4) is 0 Å². The molecule has 0 aromatic heterocycles. The van der Waals surface area contributed by atoms with Crippen molar-refractivity contribution in [2.75, 3.05) is 19.6 Å². The van der Waals surface area contributed by atoms with Crippen LogP contribution in [-0.4, -0.2) is 47.6 Å². The van der Waals surface area contributed by atoms with Crippen LogP contribution in [0.25, 0.3) is 0 Å². The highest BCUT2D eigenvalue weighted by Gasteiger charge is 2.31. The van der Waals surface area contributed by atoms with Crippen molar-refractivity contribution in [1.82, 2.24) is 10.2 Å². The molecule has 0 saturated carbocycles. The summed E-state index contributed by atoms with van der Waals surface area (Å²) in [6.07, 6.45) is 3.52. The van der Waals surface area contributed by atoms with Crippen molar-refractivity contribution in [3.05, 3.63) is 0 Å². The Hall–Kier alpha value is -0.810. The van der Waals surface area contributed by atoms with Crippen LogP contribution in [0.4, 0.5) is 0 Å². The number of halogens is 1. The fraction of sp³-hybridized carbons (Fsp3) is 0.818. The number of hydrogen-bond acceptors (Lipinski definition) is 3. The second kappa shape index (κ2) is 8.31. The van der Waals surface area contributed by atoms with Gasteiger partial charge in [0.2, 0.25) is 5.91 Å². The van der Waals surface area contributed by atoms with Gasteiger partial charge >= 0.3 is 5.97 Å². The lowest BCUT2D eigenvalue weighted by Crippen LogP contribution is -2.43. The van der Waals surface area contributed by atoms with E-state index in [0.29, 0.717) is 19.5 Å². The van der Waals surface area contributed by atoms with E-state index in [4.69, 9.17) is 5.11 Å². The third kappa shape index (κ3) is 5.37. The highest BCUT2D eigenvalue weighted by atomic mass is 35.5. The van der Waals surface area contributed by atoms with Gasteiger partial charge in [0.1, 0.15) is 6.04 Å². The number of carbonyl (C=O) groups is 2. The first-order valence-corrected chi connectivity index (χ1v) is 5.88. The normalized spacial score (nSPS) is 19.7. The minimum Gasteiger partial charge on any atom is -0.480 e. The predicted octanol–water partition coefficient (Wildman–Crippen LogP) is 0.873. The van der Waals surface area contributed by atoms with E-state index in [1.807, 2.05) is 0 Å². The summed E-state index contributed by atoms with van der Waals surface area (Å²) in [5.41, 5.74) is 0. The monoisotopic (exact) mass is 264 g/mol. The topological polar surface area (TPSA) is 69.6 Å². The number of rotatable bonds is 6.